The minimum absolute atomic E-state index is 0.260. The van der Waals surface area contributed by atoms with E-state index in [0.717, 1.165) is 71.1 Å². The molecule has 0 spiro atoms. The molecule has 4 unspecified atom stereocenters. The molecule has 3 saturated heterocycles. The average Bonchev–Trinajstić information content (AvgIpc) is 3.08. The number of nitrogens with zero attached hydrogens (tertiary/aromatic N) is 3. The fourth-order valence-corrected chi connectivity index (χ4v) is 6.46. The van der Waals surface area contributed by atoms with Crippen molar-refractivity contribution in [1.29, 1.82) is 0 Å². The van der Waals surface area contributed by atoms with Crippen molar-refractivity contribution in [1.82, 2.24) is 14.7 Å². The number of aliphatic hydroxyl groups excluding tert-OH is 1. The summed E-state index contributed by atoms with van der Waals surface area (Å²) in [5.41, 5.74) is 0. The predicted octanol–water partition coefficient (Wildman–Crippen LogP) is 1.86. The van der Waals surface area contributed by atoms with Crippen molar-refractivity contribution >= 4 is 17.5 Å². The van der Waals surface area contributed by atoms with Crippen LogP contribution in [0.2, 0.25) is 0 Å². The Morgan fingerprint density at radius 3 is 2.43 bits per heavy atom. The number of carbonyl (C=O) groups is 1. The number of hydrogen-bond donors (Lipinski definition) is 1. The number of piperidine rings is 2. The van der Waals surface area contributed by atoms with Crippen LogP contribution in [0.25, 0.3) is 0 Å². The quantitative estimate of drug-likeness (QED) is 0.368. The maximum absolute atomic E-state index is 12.7. The molecule has 1 N–H and O–H groups in total. The number of hydrogen-bond acceptors (Lipinski definition) is 6. The van der Waals surface area contributed by atoms with Crippen LogP contribution in [-0.4, -0.2) is 102 Å². The first kappa shape index (κ1) is 22.7. The van der Waals surface area contributed by atoms with Crippen molar-refractivity contribution in [2.45, 2.75) is 81.3 Å². The van der Waals surface area contributed by atoms with Gasteiger partial charge in [-0.2, -0.15) is 0 Å². The van der Waals surface area contributed by atoms with Gasteiger partial charge in [-0.25, -0.2) is 0 Å². The van der Waals surface area contributed by atoms with Gasteiger partial charge >= 0.3 is 0 Å². The zero-order chi connectivity index (χ0) is 21.1. The lowest BCUT2D eigenvalue weighted by Gasteiger charge is -2.45. The maximum atomic E-state index is 12.7. The van der Waals surface area contributed by atoms with E-state index in [1.54, 1.807) is 7.11 Å². The number of ether oxygens (including phenoxy) is 2. The number of likely N-dealkylation sites (tertiary alicyclic amines) is 3. The number of fused-ring (bicyclic) bond motifs is 1. The van der Waals surface area contributed by atoms with Gasteiger partial charge in [0.25, 0.3) is 0 Å². The zero-order valence-electron chi connectivity index (χ0n) is 18.3. The Hall–Kier alpha value is -0.440. The van der Waals surface area contributed by atoms with Gasteiger partial charge < -0.3 is 24.4 Å². The Morgan fingerprint density at radius 1 is 1.03 bits per heavy atom. The highest BCUT2D eigenvalue weighted by Gasteiger charge is 2.46. The molecule has 4 atom stereocenters. The van der Waals surface area contributed by atoms with Crippen LogP contribution in [0, 0.1) is 5.92 Å². The zero-order valence-corrected chi connectivity index (χ0v) is 19.0. The van der Waals surface area contributed by atoms with Crippen LogP contribution in [0.3, 0.4) is 0 Å². The molecule has 1 aliphatic carbocycles. The van der Waals surface area contributed by atoms with Gasteiger partial charge in [0, 0.05) is 63.2 Å². The van der Waals surface area contributed by atoms with Crippen LogP contribution in [0.5, 0.6) is 0 Å². The van der Waals surface area contributed by atoms with Crippen LogP contribution < -0.4 is 0 Å². The second-order valence-electron chi connectivity index (χ2n) is 9.47. The summed E-state index contributed by atoms with van der Waals surface area (Å²) in [5.74, 6) is 0.846. The molecule has 0 aromatic carbocycles. The first-order valence-corrected chi connectivity index (χ1v) is 12.2. The van der Waals surface area contributed by atoms with Crippen LogP contribution in [-0.2, 0) is 14.3 Å². The van der Waals surface area contributed by atoms with Gasteiger partial charge in [0.05, 0.1) is 13.2 Å². The number of rotatable bonds is 7. The smallest absolute Gasteiger partial charge is 0.223 e. The molecule has 4 aliphatic rings. The van der Waals surface area contributed by atoms with E-state index >= 15 is 0 Å². The van der Waals surface area contributed by atoms with E-state index in [1.165, 1.54) is 0 Å². The van der Waals surface area contributed by atoms with Crippen LogP contribution >= 0.6 is 11.6 Å². The van der Waals surface area contributed by atoms with Crippen molar-refractivity contribution in [3.8, 4) is 0 Å². The lowest BCUT2D eigenvalue weighted by molar-refractivity contribution is -0.204. The third kappa shape index (κ3) is 5.13. The van der Waals surface area contributed by atoms with Gasteiger partial charge in [-0.1, -0.05) is 0 Å². The van der Waals surface area contributed by atoms with E-state index in [1.807, 2.05) is 4.90 Å². The van der Waals surface area contributed by atoms with E-state index in [4.69, 9.17) is 21.1 Å². The molecule has 30 heavy (non-hydrogen) atoms. The third-order valence-electron chi connectivity index (χ3n) is 7.74. The summed E-state index contributed by atoms with van der Waals surface area (Å²) in [6, 6.07) is 1.42. The lowest BCUT2D eigenvalue weighted by Crippen LogP contribution is -2.54. The topological polar surface area (TPSA) is 65.5 Å². The monoisotopic (exact) mass is 443 g/mol. The van der Waals surface area contributed by atoms with Gasteiger partial charge in [-0.05, 0) is 50.9 Å². The van der Waals surface area contributed by atoms with E-state index in [2.05, 4.69) is 9.80 Å². The highest BCUT2D eigenvalue weighted by atomic mass is 35.5. The number of aliphatic hydroxyl groups is 1. The molecule has 0 aromatic rings. The normalized spacial score (nSPS) is 33.8. The van der Waals surface area contributed by atoms with Crippen LogP contribution in [0.1, 0.15) is 51.4 Å². The highest BCUT2D eigenvalue weighted by Crippen LogP contribution is 2.41. The van der Waals surface area contributed by atoms with Gasteiger partial charge in [0.2, 0.25) is 12.3 Å². The molecule has 4 fully saturated rings. The first-order chi connectivity index (χ1) is 14.6. The molecular weight excluding hydrogens is 406 g/mol. The standard InChI is InChI=1S/C22H38ClN3O4/c1-29-12-13-30-22(28)25-10-4-18(5-11-25)24-8-6-19(7-9-24)26-20-3-2-17(23)14-16(20)15-21(26)27/h16-20,22,28H,2-15H2,1H3. The summed E-state index contributed by atoms with van der Waals surface area (Å²) in [5, 5.41) is 10.4. The van der Waals surface area contributed by atoms with E-state index in [0.29, 0.717) is 49.6 Å². The molecule has 1 amide bonds. The predicted molar refractivity (Wildman–Crippen MR) is 115 cm³/mol. The molecule has 3 heterocycles. The summed E-state index contributed by atoms with van der Waals surface area (Å²) in [6.45, 7) is 4.76. The van der Waals surface area contributed by atoms with Crippen LogP contribution in [0.15, 0.2) is 0 Å². The summed E-state index contributed by atoms with van der Waals surface area (Å²) in [4.78, 5) is 19.6. The molecular formula is C22H38ClN3O4. The molecule has 1 saturated carbocycles. The Labute approximate surface area is 185 Å². The highest BCUT2D eigenvalue weighted by molar-refractivity contribution is 6.20. The molecule has 0 aromatic heterocycles. The molecule has 3 aliphatic heterocycles. The largest absolute Gasteiger partial charge is 0.382 e. The van der Waals surface area contributed by atoms with E-state index in [9.17, 15) is 9.90 Å². The fraction of sp³-hybridized carbons (Fsp3) is 0.955. The Morgan fingerprint density at radius 2 is 1.73 bits per heavy atom. The number of carbonyl (C=O) groups excluding carboxylic acids is 1. The third-order valence-corrected chi connectivity index (χ3v) is 8.13. The molecule has 8 heteroatoms. The maximum Gasteiger partial charge on any atom is 0.223 e. The molecule has 4 rings (SSSR count). The van der Waals surface area contributed by atoms with Crippen LogP contribution in [0.4, 0.5) is 0 Å². The molecule has 0 bridgehead atoms. The SMILES string of the molecule is COCCOC(O)N1CCC(N2CCC(N3C(=O)CC4CC(Cl)CCC43)CC2)CC1. The van der Waals surface area contributed by atoms with Gasteiger partial charge in [-0.3, -0.25) is 9.69 Å². The fourth-order valence-electron chi connectivity index (χ4n) is 6.11. The molecule has 172 valence electrons. The Kier molecular flexibility index (Phi) is 7.92. The van der Waals surface area contributed by atoms with Crippen molar-refractivity contribution in [2.24, 2.45) is 5.92 Å². The Bertz CT molecular complexity index is 567. The summed E-state index contributed by atoms with van der Waals surface area (Å²) in [6.07, 6.45) is 7.30. The summed E-state index contributed by atoms with van der Waals surface area (Å²) >= 11 is 6.36. The first-order valence-electron chi connectivity index (χ1n) is 11.8. The van der Waals surface area contributed by atoms with Crippen molar-refractivity contribution in [2.75, 3.05) is 46.5 Å². The summed E-state index contributed by atoms with van der Waals surface area (Å²) in [7, 11) is 1.63. The van der Waals surface area contributed by atoms with E-state index < -0.39 is 6.41 Å². The van der Waals surface area contributed by atoms with Crippen molar-refractivity contribution in [3.05, 3.63) is 0 Å². The van der Waals surface area contributed by atoms with Crippen molar-refractivity contribution < 1.29 is 19.4 Å². The number of amides is 1. The van der Waals surface area contributed by atoms with Crippen molar-refractivity contribution in [3.63, 3.8) is 0 Å². The van der Waals surface area contributed by atoms with Gasteiger partial charge in [0.1, 0.15) is 0 Å². The number of methoxy groups -OCH3 is 1. The second kappa shape index (κ2) is 10.5. The van der Waals surface area contributed by atoms with Gasteiger partial charge in [-0.15, -0.1) is 11.6 Å². The lowest BCUT2D eigenvalue weighted by atomic mass is 9.84. The average molecular weight is 444 g/mol. The Balaban J connectivity index is 1.21. The van der Waals surface area contributed by atoms with Gasteiger partial charge in [0.15, 0.2) is 0 Å². The summed E-state index contributed by atoms with van der Waals surface area (Å²) < 4.78 is 10.4. The number of alkyl halides is 1. The molecule has 0 radical (unpaired) electrons. The number of halogens is 1. The minimum Gasteiger partial charge on any atom is -0.382 e. The van der Waals surface area contributed by atoms with E-state index in [-0.39, 0.29) is 5.38 Å². The second-order valence-corrected chi connectivity index (χ2v) is 10.1. The molecule has 7 nitrogen and oxygen atoms in total. The minimum atomic E-state index is -0.830.